The number of hydrogen-bond acceptors (Lipinski definition) is 2. The predicted octanol–water partition coefficient (Wildman–Crippen LogP) is 0.829. The SMILES string of the molecule is FC1OCC1C1(F)[CH]CO1. The molecular weight excluding hydrogens is 142 g/mol. The van der Waals surface area contributed by atoms with Gasteiger partial charge in [-0.15, -0.1) is 0 Å². The first-order valence-electron chi connectivity index (χ1n) is 3.15. The van der Waals surface area contributed by atoms with Gasteiger partial charge in [0.15, 0.2) is 0 Å². The van der Waals surface area contributed by atoms with Crippen LogP contribution in [-0.2, 0) is 9.47 Å². The maximum absolute atomic E-state index is 13.0. The second kappa shape index (κ2) is 1.89. The third kappa shape index (κ3) is 0.689. The van der Waals surface area contributed by atoms with Crippen molar-refractivity contribution < 1.29 is 18.3 Å². The molecule has 0 aromatic rings. The van der Waals surface area contributed by atoms with E-state index in [1.54, 1.807) is 0 Å². The first-order chi connectivity index (χ1) is 4.72. The summed E-state index contributed by atoms with van der Waals surface area (Å²) < 4.78 is 34.2. The van der Waals surface area contributed by atoms with E-state index in [1.807, 2.05) is 0 Å². The molecule has 0 N–H and O–H groups in total. The highest BCUT2D eigenvalue weighted by Gasteiger charge is 2.55. The molecule has 0 spiro atoms. The van der Waals surface area contributed by atoms with Gasteiger partial charge in [0.2, 0.25) is 12.2 Å². The van der Waals surface area contributed by atoms with Gasteiger partial charge in [0.05, 0.1) is 25.6 Å². The molecule has 2 aliphatic rings. The lowest BCUT2D eigenvalue weighted by Gasteiger charge is -2.45. The van der Waals surface area contributed by atoms with Crippen molar-refractivity contribution in [3.8, 4) is 0 Å². The summed E-state index contributed by atoms with van der Waals surface area (Å²) in [5.74, 6) is -2.57. The smallest absolute Gasteiger partial charge is 0.225 e. The van der Waals surface area contributed by atoms with Crippen molar-refractivity contribution in [3.05, 3.63) is 6.42 Å². The van der Waals surface area contributed by atoms with Gasteiger partial charge in [-0.25, -0.2) is 8.78 Å². The van der Waals surface area contributed by atoms with Gasteiger partial charge < -0.3 is 9.47 Å². The largest absolute Gasteiger partial charge is 0.347 e. The molecule has 2 heterocycles. The fourth-order valence-electron chi connectivity index (χ4n) is 1.06. The molecule has 57 valence electrons. The molecule has 0 bridgehead atoms. The van der Waals surface area contributed by atoms with Gasteiger partial charge in [0.1, 0.15) is 0 Å². The zero-order chi connectivity index (χ0) is 7.19. The minimum absolute atomic E-state index is 0.119. The summed E-state index contributed by atoms with van der Waals surface area (Å²) in [4.78, 5) is 0. The maximum atomic E-state index is 13.0. The summed E-state index contributed by atoms with van der Waals surface area (Å²) in [5.41, 5.74) is 0. The zero-order valence-electron chi connectivity index (χ0n) is 5.22. The Labute approximate surface area is 57.1 Å². The van der Waals surface area contributed by atoms with Crippen LogP contribution in [0.4, 0.5) is 8.78 Å². The number of hydrogen-bond donors (Lipinski definition) is 0. The van der Waals surface area contributed by atoms with Crippen molar-refractivity contribution in [2.45, 2.75) is 12.2 Å². The van der Waals surface area contributed by atoms with E-state index in [9.17, 15) is 8.78 Å². The van der Waals surface area contributed by atoms with Gasteiger partial charge in [-0.1, -0.05) is 0 Å². The maximum Gasteiger partial charge on any atom is 0.225 e. The van der Waals surface area contributed by atoms with E-state index in [0.717, 1.165) is 0 Å². The van der Waals surface area contributed by atoms with Crippen molar-refractivity contribution in [1.29, 1.82) is 0 Å². The van der Waals surface area contributed by atoms with Crippen molar-refractivity contribution in [3.63, 3.8) is 0 Å². The summed E-state index contributed by atoms with van der Waals surface area (Å²) in [6.07, 6.45) is -0.159. The average molecular weight is 149 g/mol. The van der Waals surface area contributed by atoms with Gasteiger partial charge in [-0.3, -0.25) is 0 Å². The van der Waals surface area contributed by atoms with E-state index in [-0.39, 0.29) is 13.2 Å². The predicted molar refractivity (Wildman–Crippen MR) is 28.4 cm³/mol. The molecule has 2 fully saturated rings. The molecule has 0 amide bonds. The Hall–Kier alpha value is -0.220. The molecule has 2 saturated heterocycles. The molecule has 1 radical (unpaired) electrons. The molecule has 2 rings (SSSR count). The van der Waals surface area contributed by atoms with Crippen LogP contribution in [-0.4, -0.2) is 25.4 Å². The van der Waals surface area contributed by atoms with Gasteiger partial charge in [-0.2, -0.15) is 0 Å². The first-order valence-corrected chi connectivity index (χ1v) is 3.15. The van der Waals surface area contributed by atoms with Gasteiger partial charge in [-0.05, 0) is 0 Å². The minimum atomic E-state index is -1.84. The third-order valence-corrected chi connectivity index (χ3v) is 1.92. The molecule has 2 aliphatic heterocycles. The quantitative estimate of drug-likeness (QED) is 0.549. The van der Waals surface area contributed by atoms with Crippen LogP contribution in [0.1, 0.15) is 0 Å². The van der Waals surface area contributed by atoms with E-state index < -0.39 is 18.1 Å². The molecule has 0 aliphatic carbocycles. The molecule has 10 heavy (non-hydrogen) atoms. The van der Waals surface area contributed by atoms with Gasteiger partial charge in [0.25, 0.3) is 0 Å². The molecule has 0 aromatic heterocycles. The van der Waals surface area contributed by atoms with E-state index in [4.69, 9.17) is 0 Å². The normalized spacial score (nSPS) is 53.4. The standard InChI is InChI=1S/C6H7F2O2/c7-5-4(3-9-5)6(8)1-2-10-6/h1,4-5H,2-3H2. The van der Waals surface area contributed by atoms with Crippen LogP contribution in [0.5, 0.6) is 0 Å². The van der Waals surface area contributed by atoms with Crippen LogP contribution in [0.2, 0.25) is 0 Å². The van der Waals surface area contributed by atoms with Gasteiger partial charge >= 0.3 is 0 Å². The summed E-state index contributed by atoms with van der Waals surface area (Å²) in [7, 11) is 0. The minimum Gasteiger partial charge on any atom is -0.347 e. The van der Waals surface area contributed by atoms with E-state index >= 15 is 0 Å². The molecule has 2 nitrogen and oxygen atoms in total. The molecule has 3 unspecified atom stereocenters. The number of rotatable bonds is 1. The molecule has 3 atom stereocenters. The molecular formula is C6H7F2O2. The third-order valence-electron chi connectivity index (χ3n) is 1.92. The number of halogens is 2. The highest BCUT2D eigenvalue weighted by molar-refractivity contribution is 5.02. The summed E-state index contributed by atoms with van der Waals surface area (Å²) in [5, 5.41) is 0. The van der Waals surface area contributed by atoms with Crippen LogP contribution in [0, 0.1) is 12.3 Å². The Morgan fingerprint density at radius 1 is 1.60 bits per heavy atom. The molecule has 4 heteroatoms. The summed E-state index contributed by atoms with van der Waals surface area (Å²) in [6, 6.07) is 0. The van der Waals surface area contributed by atoms with Crippen LogP contribution < -0.4 is 0 Å². The van der Waals surface area contributed by atoms with Crippen molar-refractivity contribution in [2.24, 2.45) is 5.92 Å². The first kappa shape index (κ1) is 6.49. The Balaban J connectivity index is 1.97. The fourth-order valence-corrected chi connectivity index (χ4v) is 1.06. The topological polar surface area (TPSA) is 18.5 Å². The van der Waals surface area contributed by atoms with E-state index in [1.165, 1.54) is 6.42 Å². The zero-order valence-corrected chi connectivity index (χ0v) is 5.22. The molecule has 0 aromatic carbocycles. The lowest BCUT2D eigenvalue weighted by atomic mass is 9.91. The van der Waals surface area contributed by atoms with E-state index in [0.29, 0.717) is 0 Å². The Bertz CT molecular complexity index is 147. The van der Waals surface area contributed by atoms with Crippen LogP contribution in [0.15, 0.2) is 0 Å². The second-order valence-electron chi connectivity index (χ2n) is 2.50. The lowest BCUT2D eigenvalue weighted by molar-refractivity contribution is -0.317. The average Bonchev–Trinajstić information content (AvgIpc) is 1.81. The Morgan fingerprint density at radius 2 is 2.30 bits per heavy atom. The number of alkyl halides is 2. The summed E-state index contributed by atoms with van der Waals surface area (Å²) in [6.45, 7) is 0.397. The van der Waals surface area contributed by atoms with Crippen LogP contribution >= 0.6 is 0 Å². The number of ether oxygens (including phenoxy) is 2. The van der Waals surface area contributed by atoms with E-state index in [2.05, 4.69) is 9.47 Å². The highest BCUT2D eigenvalue weighted by Crippen LogP contribution is 2.42. The Morgan fingerprint density at radius 3 is 2.40 bits per heavy atom. The summed E-state index contributed by atoms with van der Waals surface area (Å²) >= 11 is 0. The van der Waals surface area contributed by atoms with Gasteiger partial charge in [0, 0.05) is 0 Å². The van der Waals surface area contributed by atoms with Crippen LogP contribution in [0.3, 0.4) is 0 Å². The van der Waals surface area contributed by atoms with Crippen molar-refractivity contribution >= 4 is 0 Å². The van der Waals surface area contributed by atoms with Crippen molar-refractivity contribution in [2.75, 3.05) is 13.2 Å². The van der Waals surface area contributed by atoms with Crippen LogP contribution in [0.25, 0.3) is 0 Å². The molecule has 0 saturated carbocycles. The highest BCUT2D eigenvalue weighted by atomic mass is 19.2. The Kier molecular flexibility index (Phi) is 1.22. The second-order valence-corrected chi connectivity index (χ2v) is 2.50. The fraction of sp³-hybridized carbons (Fsp3) is 0.833. The monoisotopic (exact) mass is 149 g/mol. The van der Waals surface area contributed by atoms with Crippen molar-refractivity contribution in [1.82, 2.24) is 0 Å². The lowest BCUT2D eigenvalue weighted by Crippen LogP contribution is -2.57.